The highest BCUT2D eigenvalue weighted by atomic mass is 15.1. The Morgan fingerprint density at radius 1 is 0.373 bits per heavy atom. The van der Waals surface area contributed by atoms with Crippen molar-refractivity contribution in [1.82, 2.24) is 9.55 Å². The first-order chi connectivity index (χ1) is 24.5. The number of aromatic nitrogens is 2. The van der Waals surface area contributed by atoms with Gasteiger partial charge in [0.2, 0.25) is 0 Å². The van der Waals surface area contributed by atoms with E-state index in [2.05, 4.69) is 180 Å². The van der Waals surface area contributed by atoms with Crippen molar-refractivity contribution >= 4 is 166 Å². The Bertz CT molecular complexity index is 2700. The molecule has 232 valence electrons. The Morgan fingerprint density at radius 3 is 1.49 bits per heavy atom. The van der Waals surface area contributed by atoms with Gasteiger partial charge in [-0.3, -0.25) is 4.57 Å². The third kappa shape index (κ3) is 4.97. The van der Waals surface area contributed by atoms with Gasteiger partial charge in [-0.05, 0) is 51.2 Å². The molecule has 12 heteroatoms. The first-order valence-corrected chi connectivity index (χ1v) is 18.2. The second kappa shape index (κ2) is 12.4. The van der Waals surface area contributed by atoms with Crippen molar-refractivity contribution in [2.45, 2.75) is 0 Å². The molecule has 0 amide bonds. The minimum atomic E-state index is 0.997. The minimum Gasteiger partial charge on any atom is -0.291 e. The fourth-order valence-electron chi connectivity index (χ4n) is 8.66. The minimum absolute atomic E-state index is 0.997. The van der Waals surface area contributed by atoms with E-state index in [0.717, 1.165) is 16.9 Å². The summed E-state index contributed by atoms with van der Waals surface area (Å²) in [7, 11) is 22.7. The molecule has 2 nitrogen and oxygen atoms in total. The van der Waals surface area contributed by atoms with Crippen LogP contribution >= 0.6 is 0 Å². The highest BCUT2D eigenvalue weighted by molar-refractivity contribution is 6.70. The van der Waals surface area contributed by atoms with E-state index in [0.29, 0.717) is 0 Å². The van der Waals surface area contributed by atoms with Gasteiger partial charge in [0.05, 0.1) is 16.7 Å². The van der Waals surface area contributed by atoms with E-state index in [4.69, 9.17) is 4.98 Å². The fourth-order valence-corrected chi connectivity index (χ4v) is 8.66. The Hall–Kier alpha value is -4.82. The van der Waals surface area contributed by atoms with E-state index in [9.17, 15) is 0 Å². The van der Waals surface area contributed by atoms with E-state index < -0.39 is 0 Å². The van der Waals surface area contributed by atoms with Crippen molar-refractivity contribution in [3.8, 4) is 39.3 Å². The smallest absolute Gasteiger partial charge is 0.144 e. The van der Waals surface area contributed by atoms with E-state index in [1.165, 1.54) is 110 Å². The number of nitrogens with zero attached hydrogens (tertiary/aromatic N) is 2. The van der Waals surface area contributed by atoms with Gasteiger partial charge in [-0.25, -0.2) is 4.98 Å². The van der Waals surface area contributed by atoms with Gasteiger partial charge in [-0.15, -0.1) is 32.8 Å². The van der Waals surface area contributed by atoms with Crippen LogP contribution in [0.25, 0.3) is 71.9 Å². The van der Waals surface area contributed by atoms with Crippen LogP contribution in [0.3, 0.4) is 0 Å². The molecule has 1 aromatic heterocycles. The zero-order chi connectivity index (χ0) is 35.9. The quantitative estimate of drug-likeness (QED) is 0.138. The first-order valence-electron chi connectivity index (χ1n) is 18.2. The first kappa shape index (κ1) is 33.3. The van der Waals surface area contributed by atoms with Crippen molar-refractivity contribution < 1.29 is 0 Å². The van der Waals surface area contributed by atoms with Crippen LogP contribution in [0.4, 0.5) is 0 Å². The molecule has 7 aromatic carbocycles. The van der Waals surface area contributed by atoms with Crippen LogP contribution in [0, 0.1) is 0 Å². The molecule has 0 N–H and O–H groups in total. The number of hydrogen-bond donors (Lipinski definition) is 0. The average Bonchev–Trinajstić information content (AvgIpc) is 3.52. The monoisotopic (exact) mass is 642 g/mol. The number of benzene rings is 7. The van der Waals surface area contributed by atoms with Crippen LogP contribution in [-0.4, -0.2) is 88.0 Å². The van der Waals surface area contributed by atoms with Gasteiger partial charge in [0.1, 0.15) is 84.3 Å². The summed E-state index contributed by atoms with van der Waals surface area (Å²) in [6.07, 6.45) is 0. The maximum Gasteiger partial charge on any atom is 0.144 e. The highest BCUT2D eigenvalue weighted by Gasteiger charge is 2.25. The number of para-hydroxylation sites is 2. The molecular weight excluding hydrogens is 605 g/mol. The summed E-state index contributed by atoms with van der Waals surface area (Å²) in [5, 5.41) is 4.91. The Balaban J connectivity index is 1.59. The molecule has 0 aliphatic carbocycles. The summed E-state index contributed by atoms with van der Waals surface area (Å²) in [6, 6.07) is 35.7. The van der Waals surface area contributed by atoms with Crippen LogP contribution in [0.5, 0.6) is 0 Å². The van der Waals surface area contributed by atoms with Gasteiger partial charge < -0.3 is 0 Å². The van der Waals surface area contributed by atoms with Crippen LogP contribution in [0.2, 0.25) is 0 Å². The number of fused-ring (bicyclic) bond motifs is 3. The number of imidazole rings is 1. The van der Waals surface area contributed by atoms with E-state index in [1.807, 2.05) is 0 Å². The second-order valence-electron chi connectivity index (χ2n) is 14.7. The summed E-state index contributed by atoms with van der Waals surface area (Å²) >= 11 is 0. The predicted octanol–water partition coefficient (Wildman–Crippen LogP) is -7.08. The molecule has 0 aliphatic heterocycles. The largest absolute Gasteiger partial charge is 0.291 e. The highest BCUT2D eigenvalue weighted by Crippen LogP contribution is 2.44. The zero-order valence-corrected chi connectivity index (χ0v) is 31.6. The van der Waals surface area contributed by atoms with Gasteiger partial charge in [-0.2, -0.15) is 0 Å². The maximum absolute atomic E-state index is 5.47. The van der Waals surface area contributed by atoms with E-state index in [-0.39, 0.29) is 0 Å². The topological polar surface area (TPSA) is 17.8 Å². The van der Waals surface area contributed by atoms with Crippen molar-refractivity contribution in [3.05, 3.63) is 97.1 Å². The molecule has 0 saturated carbocycles. The van der Waals surface area contributed by atoms with Crippen LogP contribution in [0.1, 0.15) is 0 Å². The van der Waals surface area contributed by atoms with Gasteiger partial charge in [0, 0.05) is 16.3 Å². The molecule has 8 aromatic rings. The van der Waals surface area contributed by atoms with Gasteiger partial charge in [-0.1, -0.05) is 101 Å². The lowest BCUT2D eigenvalue weighted by Gasteiger charge is -2.24. The van der Waals surface area contributed by atoms with E-state index in [1.54, 1.807) is 0 Å². The van der Waals surface area contributed by atoms with Crippen molar-refractivity contribution in [2.24, 2.45) is 0 Å². The average molecular weight is 641 g/mol. The zero-order valence-electron chi connectivity index (χ0n) is 31.6. The molecule has 0 radical (unpaired) electrons. The number of rotatable bonds is 4. The predicted molar refractivity (Wildman–Crippen MR) is 254 cm³/mol. The molecule has 0 fully saturated rings. The summed E-state index contributed by atoms with van der Waals surface area (Å²) in [4.78, 5) is 5.47. The van der Waals surface area contributed by atoms with E-state index >= 15 is 0 Å². The SMILES string of the molecule is Bc1c(B)c(B)c(-c2ccc3c(-n4c(-c5c(B)c(B)c(B)c(B)c5B)nc5ccccc54)c4ccccc4c(-c4ccccc4)c3c2)c(B)c1B. The molecular formula is C39H36B10N2. The fraction of sp³-hybridized carbons (Fsp3) is 0. The van der Waals surface area contributed by atoms with Gasteiger partial charge in [0.15, 0.2) is 0 Å². The molecule has 0 atom stereocenters. The van der Waals surface area contributed by atoms with Crippen molar-refractivity contribution in [1.29, 1.82) is 0 Å². The summed E-state index contributed by atoms with van der Waals surface area (Å²) < 4.78 is 2.47. The Morgan fingerprint density at radius 2 is 0.863 bits per heavy atom. The normalized spacial score (nSPS) is 11.5. The summed E-state index contributed by atoms with van der Waals surface area (Å²) in [6.45, 7) is 0. The Labute approximate surface area is 310 Å². The molecule has 1 heterocycles. The molecule has 51 heavy (non-hydrogen) atoms. The van der Waals surface area contributed by atoms with Gasteiger partial charge in [0.25, 0.3) is 0 Å². The lowest BCUT2D eigenvalue weighted by molar-refractivity contribution is 1.13. The second-order valence-corrected chi connectivity index (χ2v) is 14.7. The molecule has 0 spiro atoms. The molecule has 0 bridgehead atoms. The summed E-state index contributed by atoms with van der Waals surface area (Å²) in [5.41, 5.74) is 23.1. The summed E-state index contributed by atoms with van der Waals surface area (Å²) in [5.74, 6) is 0.997. The number of hydrogen-bond acceptors (Lipinski definition) is 1. The standard InChI is InChI=1S/C39H36B10N2/c40-28-26(29(41)33(45)36(48)32(28)44)18-14-15-21-22(16-18)25(17-8-2-1-3-9-17)19-10-4-5-11-20(19)38(21)51-24-13-7-6-12-23(24)50-39(51)27-30(42)34(46)37(49)35(47)31(27)43/h1-16H,40-49H2. The lowest BCUT2D eigenvalue weighted by atomic mass is 9.59. The third-order valence-electron chi connectivity index (χ3n) is 12.4. The molecule has 0 aliphatic rings. The molecule has 8 rings (SSSR count). The maximum atomic E-state index is 5.47. The Kier molecular flexibility index (Phi) is 8.13. The molecule has 0 saturated heterocycles. The third-order valence-corrected chi connectivity index (χ3v) is 12.4. The van der Waals surface area contributed by atoms with Crippen molar-refractivity contribution in [2.75, 3.05) is 0 Å². The van der Waals surface area contributed by atoms with Crippen LogP contribution in [-0.2, 0) is 0 Å². The van der Waals surface area contributed by atoms with Gasteiger partial charge >= 0.3 is 0 Å². The van der Waals surface area contributed by atoms with Crippen LogP contribution in [0.15, 0.2) is 97.1 Å². The van der Waals surface area contributed by atoms with Crippen LogP contribution < -0.4 is 54.6 Å². The molecule has 0 unspecified atom stereocenters. The van der Waals surface area contributed by atoms with Crippen molar-refractivity contribution in [3.63, 3.8) is 0 Å². The lowest BCUT2D eigenvalue weighted by Crippen LogP contribution is -2.55.